The topological polar surface area (TPSA) is 79.9 Å². The van der Waals surface area contributed by atoms with E-state index in [-0.39, 0.29) is 12.6 Å². The van der Waals surface area contributed by atoms with Gasteiger partial charge in [0.25, 0.3) is 0 Å². The van der Waals surface area contributed by atoms with E-state index < -0.39 is 12.0 Å². The van der Waals surface area contributed by atoms with Crippen molar-refractivity contribution in [3.63, 3.8) is 0 Å². The minimum absolute atomic E-state index is 0.260. The number of rotatable bonds is 6. The maximum atomic E-state index is 12.9. The molecule has 2 amide bonds. The Labute approximate surface area is 182 Å². The van der Waals surface area contributed by atoms with E-state index in [2.05, 4.69) is 33.7 Å². The molecular formula is C24H27N3O4. The van der Waals surface area contributed by atoms with Crippen molar-refractivity contribution in [2.45, 2.75) is 25.9 Å². The smallest absolute Gasteiger partial charge is 0.338 e. The molecule has 7 heteroatoms. The molecule has 2 aromatic rings. The van der Waals surface area contributed by atoms with E-state index in [1.54, 1.807) is 14.0 Å². The number of amides is 2. The molecule has 1 atom stereocenters. The molecule has 2 aromatic carbocycles. The first kappa shape index (κ1) is 20.9. The summed E-state index contributed by atoms with van der Waals surface area (Å²) >= 11 is 0. The van der Waals surface area contributed by atoms with Crippen LogP contribution in [0.3, 0.4) is 0 Å². The molecule has 0 aromatic heterocycles. The number of hydrogen-bond acceptors (Lipinski definition) is 5. The van der Waals surface area contributed by atoms with Crippen LogP contribution in [0.2, 0.25) is 0 Å². The summed E-state index contributed by atoms with van der Waals surface area (Å²) in [4.78, 5) is 27.7. The molecule has 1 unspecified atom stereocenters. The van der Waals surface area contributed by atoms with Gasteiger partial charge in [-0.3, -0.25) is 4.90 Å². The summed E-state index contributed by atoms with van der Waals surface area (Å²) in [7, 11) is 1.60. The first-order valence-corrected chi connectivity index (χ1v) is 10.5. The van der Waals surface area contributed by atoms with Gasteiger partial charge in [0.1, 0.15) is 5.75 Å². The normalized spacial score (nSPS) is 18.6. The van der Waals surface area contributed by atoms with Crippen molar-refractivity contribution in [1.29, 1.82) is 0 Å². The maximum absolute atomic E-state index is 12.9. The van der Waals surface area contributed by atoms with E-state index in [9.17, 15) is 9.59 Å². The molecule has 0 spiro atoms. The fourth-order valence-corrected chi connectivity index (χ4v) is 4.15. The summed E-state index contributed by atoms with van der Waals surface area (Å²) in [5.41, 5.74) is 4.44. The SMILES string of the molecule is CCOC(=O)C1=C(CN2CCc3ccccc3C2)NC(=O)NC1c1ccc(OC)cc1. The molecule has 0 aliphatic carbocycles. The second-order valence-corrected chi connectivity index (χ2v) is 7.65. The molecule has 2 aliphatic rings. The molecule has 0 saturated carbocycles. The van der Waals surface area contributed by atoms with Gasteiger partial charge in [-0.25, -0.2) is 9.59 Å². The molecule has 4 rings (SSSR count). The van der Waals surface area contributed by atoms with Gasteiger partial charge in [0, 0.05) is 25.3 Å². The zero-order valence-electron chi connectivity index (χ0n) is 17.8. The van der Waals surface area contributed by atoms with Crippen LogP contribution in [0.25, 0.3) is 0 Å². The highest BCUT2D eigenvalue weighted by Crippen LogP contribution is 2.30. The number of nitrogens with one attached hydrogen (secondary N) is 2. The molecule has 31 heavy (non-hydrogen) atoms. The second kappa shape index (κ2) is 9.22. The predicted octanol–water partition coefficient (Wildman–Crippen LogP) is 2.92. The standard InChI is InChI=1S/C24H27N3O4/c1-3-31-23(28)21-20(15-27-13-12-16-6-4-5-7-18(16)14-27)25-24(29)26-22(21)17-8-10-19(30-2)11-9-17/h4-11,22H,3,12-15H2,1-2H3,(H2,25,26,29). The van der Waals surface area contributed by atoms with Crippen molar-refractivity contribution >= 4 is 12.0 Å². The minimum Gasteiger partial charge on any atom is -0.497 e. The van der Waals surface area contributed by atoms with Gasteiger partial charge in [0.15, 0.2) is 0 Å². The van der Waals surface area contributed by atoms with Crippen molar-refractivity contribution in [3.8, 4) is 5.75 Å². The highest BCUT2D eigenvalue weighted by atomic mass is 16.5. The number of carbonyl (C=O) groups excluding carboxylic acids is 2. The van der Waals surface area contributed by atoms with Crippen molar-refractivity contribution in [2.24, 2.45) is 0 Å². The lowest BCUT2D eigenvalue weighted by Gasteiger charge is -2.34. The number of urea groups is 1. The highest BCUT2D eigenvalue weighted by molar-refractivity contribution is 5.95. The Kier molecular flexibility index (Phi) is 6.23. The molecular weight excluding hydrogens is 394 g/mol. The van der Waals surface area contributed by atoms with E-state index in [0.29, 0.717) is 23.6 Å². The quantitative estimate of drug-likeness (QED) is 0.701. The molecule has 0 bridgehead atoms. The van der Waals surface area contributed by atoms with Crippen LogP contribution in [-0.2, 0) is 22.5 Å². The Hall–Kier alpha value is -3.32. The van der Waals surface area contributed by atoms with Crippen LogP contribution in [0, 0.1) is 0 Å². The van der Waals surface area contributed by atoms with E-state index >= 15 is 0 Å². The Morgan fingerprint density at radius 3 is 2.58 bits per heavy atom. The number of hydrogen-bond donors (Lipinski definition) is 2. The van der Waals surface area contributed by atoms with E-state index in [0.717, 1.165) is 25.1 Å². The van der Waals surface area contributed by atoms with Crippen molar-refractivity contribution in [2.75, 3.05) is 26.8 Å². The molecule has 2 N–H and O–H groups in total. The van der Waals surface area contributed by atoms with Crippen LogP contribution < -0.4 is 15.4 Å². The molecule has 0 fully saturated rings. The van der Waals surface area contributed by atoms with Crippen LogP contribution in [0.1, 0.15) is 29.7 Å². The van der Waals surface area contributed by atoms with Crippen LogP contribution in [0.15, 0.2) is 59.8 Å². The fraction of sp³-hybridized carbons (Fsp3) is 0.333. The molecule has 0 radical (unpaired) electrons. The Bertz CT molecular complexity index is 1000. The lowest BCUT2D eigenvalue weighted by Crippen LogP contribution is -2.49. The summed E-state index contributed by atoms with van der Waals surface area (Å²) in [6, 6.07) is 14.8. The Morgan fingerprint density at radius 1 is 1.13 bits per heavy atom. The van der Waals surface area contributed by atoms with E-state index in [1.165, 1.54) is 11.1 Å². The third-order valence-corrected chi connectivity index (χ3v) is 5.69. The van der Waals surface area contributed by atoms with Crippen molar-refractivity contribution in [3.05, 3.63) is 76.5 Å². The van der Waals surface area contributed by atoms with Crippen LogP contribution in [0.5, 0.6) is 5.75 Å². The predicted molar refractivity (Wildman–Crippen MR) is 116 cm³/mol. The number of fused-ring (bicyclic) bond motifs is 1. The first-order valence-electron chi connectivity index (χ1n) is 10.5. The Morgan fingerprint density at radius 2 is 1.87 bits per heavy atom. The zero-order valence-corrected chi connectivity index (χ0v) is 17.8. The minimum atomic E-state index is -0.592. The van der Waals surface area contributed by atoms with Gasteiger partial charge in [-0.2, -0.15) is 0 Å². The van der Waals surface area contributed by atoms with Crippen LogP contribution in [0.4, 0.5) is 4.79 Å². The third kappa shape index (κ3) is 4.56. The summed E-state index contributed by atoms with van der Waals surface area (Å²) < 4.78 is 10.6. The number of ether oxygens (including phenoxy) is 2. The number of esters is 1. The van der Waals surface area contributed by atoms with Crippen LogP contribution in [-0.4, -0.2) is 43.7 Å². The van der Waals surface area contributed by atoms with Crippen LogP contribution >= 0.6 is 0 Å². The van der Waals surface area contributed by atoms with Gasteiger partial charge in [-0.15, -0.1) is 0 Å². The van der Waals surface area contributed by atoms with Gasteiger partial charge in [0.2, 0.25) is 0 Å². The lowest BCUT2D eigenvalue weighted by molar-refractivity contribution is -0.139. The maximum Gasteiger partial charge on any atom is 0.338 e. The third-order valence-electron chi connectivity index (χ3n) is 5.69. The van der Waals surface area contributed by atoms with Crippen molar-refractivity contribution in [1.82, 2.24) is 15.5 Å². The summed E-state index contributed by atoms with van der Waals surface area (Å²) in [6.45, 7) is 4.12. The summed E-state index contributed by atoms with van der Waals surface area (Å²) in [6.07, 6.45) is 0.937. The van der Waals surface area contributed by atoms with Gasteiger partial charge in [-0.1, -0.05) is 36.4 Å². The molecule has 2 heterocycles. The monoisotopic (exact) mass is 421 g/mol. The molecule has 7 nitrogen and oxygen atoms in total. The van der Waals surface area contributed by atoms with Gasteiger partial charge in [-0.05, 0) is 42.2 Å². The number of benzene rings is 2. The zero-order chi connectivity index (χ0) is 21.8. The highest BCUT2D eigenvalue weighted by Gasteiger charge is 2.34. The largest absolute Gasteiger partial charge is 0.497 e. The fourth-order valence-electron chi connectivity index (χ4n) is 4.15. The van der Waals surface area contributed by atoms with Gasteiger partial charge < -0.3 is 20.1 Å². The first-order chi connectivity index (χ1) is 15.1. The second-order valence-electron chi connectivity index (χ2n) is 7.65. The van der Waals surface area contributed by atoms with Gasteiger partial charge in [0.05, 0.1) is 25.3 Å². The summed E-state index contributed by atoms with van der Waals surface area (Å²) in [5.74, 6) is 0.279. The van der Waals surface area contributed by atoms with Crippen molar-refractivity contribution < 1.29 is 19.1 Å². The molecule has 162 valence electrons. The number of carbonyl (C=O) groups is 2. The average molecular weight is 421 g/mol. The average Bonchev–Trinajstić information content (AvgIpc) is 2.79. The van der Waals surface area contributed by atoms with E-state index in [1.807, 2.05) is 30.3 Å². The lowest BCUT2D eigenvalue weighted by atomic mass is 9.94. The van der Waals surface area contributed by atoms with E-state index in [4.69, 9.17) is 9.47 Å². The van der Waals surface area contributed by atoms with Gasteiger partial charge >= 0.3 is 12.0 Å². The summed E-state index contributed by atoms with van der Waals surface area (Å²) in [5, 5.41) is 5.74. The molecule has 0 saturated heterocycles. The number of methoxy groups -OCH3 is 1. The Balaban J connectivity index is 1.66. The number of nitrogens with zero attached hydrogens (tertiary/aromatic N) is 1. The molecule has 2 aliphatic heterocycles.